The van der Waals surface area contributed by atoms with Crippen LogP contribution >= 0.6 is 11.6 Å². The molecule has 11 N–H and O–H groups in total. The Balaban J connectivity index is 0.000000118. The van der Waals surface area contributed by atoms with Gasteiger partial charge in [0.2, 0.25) is 0 Å². The van der Waals surface area contributed by atoms with E-state index in [9.17, 15) is 8.78 Å². The van der Waals surface area contributed by atoms with Gasteiger partial charge < -0.3 is 42.1 Å². The van der Waals surface area contributed by atoms with Crippen molar-refractivity contribution in [3.63, 3.8) is 0 Å². The molecule has 23 heteroatoms. The lowest BCUT2D eigenvalue weighted by atomic mass is 10.0. The zero-order valence-electron chi connectivity index (χ0n) is 53.8. The second-order valence-corrected chi connectivity index (χ2v) is 24.5. The summed E-state index contributed by atoms with van der Waals surface area (Å²) in [6.45, 7) is 9.77. The fraction of sp³-hybridized carbons (Fsp3) is 0.227. The number of aromatic amines is 4. The summed E-state index contributed by atoms with van der Waals surface area (Å²) in [5, 5.41) is 55.7. The standard InChI is InChI=1S/C20H19N5.C19H20FN5.C18H18ClN5.C18H18FN5/c1-2-15-3-5-17(6-4-15)19-18(16-7-9-21-10-8-16)20(24-23-19)25-13-11-22-12-14-25;20-15-3-1-14(2-4-15)18-17(13-5-9-21-10-6-13)19(25-24-18)23-16-7-11-22-12-8-16;2*19-14-3-1-13(2-4-14)17-16(12-5-8-20-9-6-12)18(24-23-17)22-15-7-10-21-11-15/h1,3-10,22H,11-14H2,(H,23,24);1-6,9-10,16,22H,7-8,11-12H2,(H2,23,24,25);2*1-6,8-9,15,21H,7,10-11H2,(H2,22,23,24). The quantitative estimate of drug-likeness (QED) is 0.0427. The van der Waals surface area contributed by atoms with Gasteiger partial charge in [-0.2, -0.15) is 20.4 Å². The number of benzene rings is 4. The Kier molecular flexibility index (Phi) is 21.6. The van der Waals surface area contributed by atoms with Crippen LogP contribution in [0.2, 0.25) is 5.02 Å². The molecule has 0 saturated carbocycles. The molecular weight excluding hydrogens is 1250 g/mol. The van der Waals surface area contributed by atoms with Gasteiger partial charge in [-0.05, 0) is 195 Å². The summed E-state index contributed by atoms with van der Waals surface area (Å²) in [5.41, 5.74) is 16.9. The van der Waals surface area contributed by atoms with E-state index in [-0.39, 0.29) is 11.6 Å². The molecular formula is C75H75ClF2N20. The SMILES string of the molecule is C#Cc1ccc(-c2[nH]nc(N3CCNCC3)c2-c2ccncc2)cc1.Clc1ccc(-c2[nH]nc(NC3CCNC3)c2-c2ccncc2)cc1.Fc1ccc(-c2[nH]nc(NC3CCNC3)c2-c2ccncc2)cc1.Fc1ccc(-c2[nH]nc(NC3CCNCC3)c2-c2ccncc2)cc1. The minimum absolute atomic E-state index is 0.248. The maximum Gasteiger partial charge on any atom is 0.159 e. The van der Waals surface area contributed by atoms with Crippen molar-refractivity contribution < 1.29 is 8.78 Å². The highest BCUT2D eigenvalue weighted by Gasteiger charge is 2.26. The molecule has 4 aliphatic heterocycles. The minimum atomic E-state index is -0.251. The molecule has 0 bridgehead atoms. The molecule has 0 amide bonds. The molecule has 20 nitrogen and oxygen atoms in total. The van der Waals surface area contributed by atoms with Crippen molar-refractivity contribution in [3.05, 3.63) is 217 Å². The van der Waals surface area contributed by atoms with Crippen LogP contribution in [-0.2, 0) is 0 Å². The first-order chi connectivity index (χ1) is 48.3. The highest BCUT2D eigenvalue weighted by Crippen LogP contribution is 2.41. The van der Waals surface area contributed by atoms with E-state index in [0.29, 0.717) is 18.1 Å². The Morgan fingerprint density at radius 1 is 0.378 bits per heavy atom. The van der Waals surface area contributed by atoms with E-state index < -0.39 is 0 Å². The summed E-state index contributed by atoms with van der Waals surface area (Å²) < 4.78 is 26.5. The van der Waals surface area contributed by atoms with E-state index in [4.69, 9.17) is 18.0 Å². The molecule has 4 aromatic carbocycles. The normalized spacial score (nSPS) is 15.9. The number of hydrogen-bond donors (Lipinski definition) is 11. The maximum atomic E-state index is 13.3. The van der Waals surface area contributed by atoms with Gasteiger partial charge in [0.1, 0.15) is 11.6 Å². The van der Waals surface area contributed by atoms with Crippen molar-refractivity contribution in [1.29, 1.82) is 0 Å². The van der Waals surface area contributed by atoms with Crippen LogP contribution in [0.15, 0.2) is 195 Å². The molecule has 0 radical (unpaired) electrons. The van der Waals surface area contributed by atoms with Crippen molar-refractivity contribution in [3.8, 4) is 102 Å². The Hall–Kier alpha value is -10.9. The number of H-pyrrole nitrogens is 4. The number of nitrogens with one attached hydrogen (secondary N) is 11. The zero-order chi connectivity index (χ0) is 66.8. The number of hydrogen-bond acceptors (Lipinski definition) is 16. The summed E-state index contributed by atoms with van der Waals surface area (Å²) in [6.07, 6.45) is 24.1. The molecule has 98 heavy (non-hydrogen) atoms. The lowest BCUT2D eigenvalue weighted by Crippen LogP contribution is -2.43. The molecule has 12 heterocycles. The van der Waals surface area contributed by atoms with E-state index in [1.165, 1.54) is 24.3 Å². The average molecular weight is 1330 g/mol. The van der Waals surface area contributed by atoms with Crippen molar-refractivity contribution in [2.24, 2.45) is 0 Å². The summed E-state index contributed by atoms with van der Waals surface area (Å²) in [6, 6.07) is 45.7. The maximum absolute atomic E-state index is 13.3. The summed E-state index contributed by atoms with van der Waals surface area (Å²) in [5.74, 6) is 5.67. The molecule has 0 aliphatic carbocycles. The van der Waals surface area contributed by atoms with Gasteiger partial charge in [0, 0.05) is 140 Å². The van der Waals surface area contributed by atoms with Crippen LogP contribution in [0.5, 0.6) is 0 Å². The number of halogens is 3. The number of piperidine rings is 1. The van der Waals surface area contributed by atoms with Gasteiger partial charge in [0.25, 0.3) is 0 Å². The Bertz CT molecular complexity index is 4340. The largest absolute Gasteiger partial charge is 0.365 e. The highest BCUT2D eigenvalue weighted by atomic mass is 35.5. The molecule has 4 fully saturated rings. The van der Waals surface area contributed by atoms with Gasteiger partial charge in [0.15, 0.2) is 23.3 Å². The molecule has 4 saturated heterocycles. The van der Waals surface area contributed by atoms with Gasteiger partial charge in [0.05, 0.1) is 45.0 Å². The predicted octanol–water partition coefficient (Wildman–Crippen LogP) is 12.6. The van der Waals surface area contributed by atoms with Crippen LogP contribution < -0.4 is 42.1 Å². The molecule has 0 spiro atoms. The monoisotopic (exact) mass is 1330 g/mol. The van der Waals surface area contributed by atoms with E-state index in [1.54, 1.807) is 61.4 Å². The van der Waals surface area contributed by atoms with Gasteiger partial charge in [-0.15, -0.1) is 6.42 Å². The fourth-order valence-electron chi connectivity index (χ4n) is 12.5. The highest BCUT2D eigenvalue weighted by molar-refractivity contribution is 6.30. The Morgan fingerprint density at radius 3 is 1.09 bits per heavy atom. The smallest absolute Gasteiger partial charge is 0.159 e. The molecule has 12 aromatic rings. The number of rotatable bonds is 15. The minimum Gasteiger partial charge on any atom is -0.365 e. The first kappa shape index (κ1) is 65.7. The third kappa shape index (κ3) is 16.1. The number of piperazine rings is 1. The van der Waals surface area contributed by atoms with E-state index in [2.05, 4.69) is 109 Å². The van der Waals surface area contributed by atoms with Crippen LogP contribution in [0.3, 0.4) is 0 Å². The third-order valence-electron chi connectivity index (χ3n) is 17.6. The summed E-state index contributed by atoms with van der Waals surface area (Å²) >= 11 is 6.02. The number of anilines is 4. The van der Waals surface area contributed by atoms with Crippen molar-refractivity contribution in [1.82, 2.24) is 82.0 Å². The predicted molar refractivity (Wildman–Crippen MR) is 386 cm³/mol. The Labute approximate surface area is 572 Å². The number of terminal acetylenes is 1. The average Bonchev–Trinajstić information content (AvgIpc) is 1.63. The van der Waals surface area contributed by atoms with Gasteiger partial charge in [-0.1, -0.05) is 41.8 Å². The van der Waals surface area contributed by atoms with E-state index in [0.717, 1.165) is 215 Å². The lowest BCUT2D eigenvalue weighted by Gasteiger charge is -2.28. The fourth-order valence-corrected chi connectivity index (χ4v) is 12.6. The molecule has 4 aliphatic rings. The molecule has 2 atom stereocenters. The van der Waals surface area contributed by atoms with Crippen LogP contribution in [0.1, 0.15) is 31.2 Å². The van der Waals surface area contributed by atoms with Crippen LogP contribution in [-0.4, -0.2) is 144 Å². The first-order valence-electron chi connectivity index (χ1n) is 33.0. The van der Waals surface area contributed by atoms with Gasteiger partial charge in [-0.3, -0.25) is 40.3 Å². The lowest BCUT2D eigenvalue weighted by molar-refractivity contribution is 0.478. The molecule has 8 aromatic heterocycles. The molecule has 16 rings (SSSR count). The van der Waals surface area contributed by atoms with Crippen molar-refractivity contribution in [2.45, 2.75) is 43.8 Å². The van der Waals surface area contributed by atoms with E-state index in [1.807, 2.05) is 109 Å². The van der Waals surface area contributed by atoms with Gasteiger partial charge in [-0.25, -0.2) is 8.78 Å². The third-order valence-corrected chi connectivity index (χ3v) is 17.8. The van der Waals surface area contributed by atoms with Crippen LogP contribution in [0.4, 0.5) is 32.1 Å². The van der Waals surface area contributed by atoms with Crippen molar-refractivity contribution in [2.75, 3.05) is 86.3 Å². The van der Waals surface area contributed by atoms with E-state index >= 15 is 0 Å². The number of nitrogens with zero attached hydrogens (tertiary/aromatic N) is 9. The van der Waals surface area contributed by atoms with Crippen LogP contribution in [0.25, 0.3) is 89.5 Å². The second kappa shape index (κ2) is 32.2. The Morgan fingerprint density at radius 2 is 0.704 bits per heavy atom. The number of aromatic nitrogens is 12. The van der Waals surface area contributed by atoms with Crippen molar-refractivity contribution >= 4 is 34.9 Å². The second-order valence-electron chi connectivity index (χ2n) is 24.0. The summed E-state index contributed by atoms with van der Waals surface area (Å²) in [7, 11) is 0. The topological polar surface area (TPSA) is 254 Å². The summed E-state index contributed by atoms with van der Waals surface area (Å²) in [4.78, 5) is 18.8. The van der Waals surface area contributed by atoms with Gasteiger partial charge >= 0.3 is 0 Å². The first-order valence-corrected chi connectivity index (χ1v) is 33.3. The molecule has 496 valence electrons. The number of pyridine rings is 4. The zero-order valence-corrected chi connectivity index (χ0v) is 54.6. The van der Waals surface area contributed by atoms with Crippen LogP contribution in [0, 0.1) is 24.0 Å². The molecule has 2 unspecified atom stereocenters.